The molecule has 0 saturated heterocycles. The molecule has 4 aromatic rings. The van der Waals surface area contributed by atoms with Crippen LogP contribution in [0.4, 0.5) is 4.39 Å². The zero-order chi connectivity index (χ0) is 20.1. The topological polar surface area (TPSA) is 95.9 Å². The summed E-state index contributed by atoms with van der Waals surface area (Å²) in [4.78, 5) is 12.1. The van der Waals surface area contributed by atoms with Crippen molar-refractivity contribution in [3.8, 4) is 11.5 Å². The largest absolute Gasteiger partial charge is 0.495 e. The SMILES string of the molecule is COc1c2ccoc2c(S(=O)(=O)Oc2ccc(F)cc2)c2oc(C)cc(=O)c12. The van der Waals surface area contributed by atoms with Crippen molar-refractivity contribution in [2.75, 3.05) is 7.11 Å². The summed E-state index contributed by atoms with van der Waals surface area (Å²) in [6.07, 6.45) is 1.26. The third kappa shape index (κ3) is 2.80. The Morgan fingerprint density at radius 2 is 1.79 bits per heavy atom. The Labute approximate surface area is 158 Å². The summed E-state index contributed by atoms with van der Waals surface area (Å²) in [6.45, 7) is 1.51. The summed E-state index contributed by atoms with van der Waals surface area (Å²) in [5, 5.41) is 0.218. The van der Waals surface area contributed by atoms with Gasteiger partial charge in [0.1, 0.15) is 28.5 Å². The van der Waals surface area contributed by atoms with Crippen LogP contribution in [0.5, 0.6) is 11.5 Å². The average Bonchev–Trinajstić information content (AvgIpc) is 3.10. The predicted octanol–water partition coefficient (Wildman–Crippen LogP) is 3.76. The molecule has 144 valence electrons. The van der Waals surface area contributed by atoms with Gasteiger partial charge in [0, 0.05) is 6.07 Å². The Morgan fingerprint density at radius 3 is 2.46 bits per heavy atom. The standard InChI is InChI=1S/C19H13FO7S/c1-10-9-14(21)15-16(24-2)13-7-8-25-17(13)19(18(15)26-10)28(22,23)27-12-5-3-11(20)4-6-12/h3-9H,1-2H3. The van der Waals surface area contributed by atoms with Gasteiger partial charge in [0.25, 0.3) is 0 Å². The molecule has 2 heterocycles. The van der Waals surface area contributed by atoms with Crippen molar-refractivity contribution in [1.29, 1.82) is 0 Å². The van der Waals surface area contributed by atoms with Gasteiger partial charge >= 0.3 is 10.1 Å². The highest BCUT2D eigenvalue weighted by atomic mass is 32.2. The Balaban J connectivity index is 2.08. The first-order valence-corrected chi connectivity index (χ1v) is 9.44. The molecule has 9 heteroatoms. The number of hydrogen-bond donors (Lipinski definition) is 0. The van der Waals surface area contributed by atoms with Crippen LogP contribution in [-0.2, 0) is 10.1 Å². The monoisotopic (exact) mass is 404 g/mol. The van der Waals surface area contributed by atoms with E-state index in [-0.39, 0.29) is 39.2 Å². The van der Waals surface area contributed by atoms with E-state index in [1.54, 1.807) is 0 Å². The number of rotatable bonds is 4. The number of benzene rings is 2. The third-order valence-electron chi connectivity index (χ3n) is 4.09. The van der Waals surface area contributed by atoms with E-state index < -0.39 is 26.3 Å². The smallest absolute Gasteiger partial charge is 0.346 e. The fraction of sp³-hybridized carbons (Fsp3) is 0.105. The van der Waals surface area contributed by atoms with Crippen LogP contribution in [0.15, 0.2) is 61.2 Å². The van der Waals surface area contributed by atoms with E-state index in [2.05, 4.69) is 0 Å². The molecule has 28 heavy (non-hydrogen) atoms. The van der Waals surface area contributed by atoms with Crippen LogP contribution in [0.2, 0.25) is 0 Å². The van der Waals surface area contributed by atoms with Crippen molar-refractivity contribution in [3.05, 3.63) is 64.5 Å². The number of halogens is 1. The molecule has 0 fully saturated rings. The number of methoxy groups -OCH3 is 1. The minimum Gasteiger partial charge on any atom is -0.495 e. The minimum atomic E-state index is -4.51. The number of aryl methyl sites for hydroxylation is 1. The van der Waals surface area contributed by atoms with Crippen molar-refractivity contribution in [2.24, 2.45) is 0 Å². The van der Waals surface area contributed by atoms with Crippen LogP contribution in [-0.4, -0.2) is 15.5 Å². The normalized spacial score (nSPS) is 11.8. The van der Waals surface area contributed by atoms with Crippen molar-refractivity contribution in [2.45, 2.75) is 11.8 Å². The predicted molar refractivity (Wildman–Crippen MR) is 97.8 cm³/mol. The molecule has 2 aromatic heterocycles. The van der Waals surface area contributed by atoms with Gasteiger partial charge in [0.15, 0.2) is 21.5 Å². The highest BCUT2D eigenvalue weighted by Gasteiger charge is 2.31. The van der Waals surface area contributed by atoms with Crippen LogP contribution >= 0.6 is 0 Å². The number of hydrogen-bond acceptors (Lipinski definition) is 7. The Kier molecular flexibility index (Phi) is 4.11. The highest BCUT2D eigenvalue weighted by molar-refractivity contribution is 7.87. The second kappa shape index (κ2) is 6.38. The van der Waals surface area contributed by atoms with Crippen molar-refractivity contribution in [1.82, 2.24) is 0 Å². The maximum atomic E-state index is 13.1. The van der Waals surface area contributed by atoms with Gasteiger partial charge in [-0.2, -0.15) is 8.42 Å². The molecule has 0 bridgehead atoms. The van der Waals surface area contributed by atoms with Gasteiger partial charge in [0.05, 0.1) is 18.8 Å². The van der Waals surface area contributed by atoms with Crippen molar-refractivity contribution >= 4 is 32.1 Å². The Morgan fingerprint density at radius 1 is 1.07 bits per heavy atom. The highest BCUT2D eigenvalue weighted by Crippen LogP contribution is 2.40. The molecule has 0 saturated carbocycles. The molecular weight excluding hydrogens is 391 g/mol. The van der Waals surface area contributed by atoms with E-state index in [9.17, 15) is 17.6 Å². The van der Waals surface area contributed by atoms with E-state index in [1.807, 2.05) is 0 Å². The van der Waals surface area contributed by atoms with Crippen LogP contribution in [0, 0.1) is 12.7 Å². The van der Waals surface area contributed by atoms with Gasteiger partial charge < -0.3 is 17.8 Å². The molecule has 0 radical (unpaired) electrons. The van der Waals surface area contributed by atoms with Crippen LogP contribution in [0.25, 0.3) is 21.9 Å². The van der Waals surface area contributed by atoms with Crippen LogP contribution in [0.1, 0.15) is 5.76 Å². The zero-order valence-electron chi connectivity index (χ0n) is 14.7. The average molecular weight is 404 g/mol. The second-order valence-corrected chi connectivity index (χ2v) is 7.43. The third-order valence-corrected chi connectivity index (χ3v) is 5.38. The minimum absolute atomic E-state index is 0.0525. The van der Waals surface area contributed by atoms with Gasteiger partial charge in [-0.3, -0.25) is 4.79 Å². The van der Waals surface area contributed by atoms with Crippen LogP contribution < -0.4 is 14.3 Å². The molecule has 0 amide bonds. The summed E-state index contributed by atoms with van der Waals surface area (Å²) in [5.74, 6) is -0.327. The maximum Gasteiger partial charge on any atom is 0.346 e. The van der Waals surface area contributed by atoms with Gasteiger partial charge in [-0.1, -0.05) is 0 Å². The summed E-state index contributed by atoms with van der Waals surface area (Å²) in [7, 11) is -3.16. The molecule has 0 aliphatic heterocycles. The lowest BCUT2D eigenvalue weighted by molar-refractivity contribution is 0.422. The fourth-order valence-corrected chi connectivity index (χ4v) is 4.19. The lowest BCUT2D eigenvalue weighted by Crippen LogP contribution is -2.13. The van der Waals surface area contributed by atoms with E-state index >= 15 is 0 Å². The summed E-state index contributed by atoms with van der Waals surface area (Å²) in [5.41, 5.74) is -0.802. The van der Waals surface area contributed by atoms with Gasteiger partial charge in [-0.25, -0.2) is 4.39 Å². The van der Waals surface area contributed by atoms with E-state index in [4.69, 9.17) is 17.8 Å². The molecule has 0 aliphatic carbocycles. The number of furan rings is 1. The quantitative estimate of drug-likeness (QED) is 0.478. The van der Waals surface area contributed by atoms with E-state index in [1.165, 1.54) is 44.6 Å². The molecule has 0 aliphatic rings. The first-order valence-electron chi connectivity index (χ1n) is 8.03. The first kappa shape index (κ1) is 18.1. The Bertz CT molecular complexity index is 1370. The van der Waals surface area contributed by atoms with Crippen molar-refractivity contribution in [3.63, 3.8) is 0 Å². The fourth-order valence-electron chi connectivity index (χ4n) is 2.98. The number of ether oxygens (including phenoxy) is 1. The molecule has 7 nitrogen and oxygen atoms in total. The summed E-state index contributed by atoms with van der Waals surface area (Å²) >= 11 is 0. The summed E-state index contributed by atoms with van der Waals surface area (Å²) in [6, 6.07) is 7.16. The molecule has 4 rings (SSSR count). The molecule has 0 N–H and O–H groups in total. The maximum absolute atomic E-state index is 13.1. The molecule has 0 spiro atoms. The zero-order valence-corrected chi connectivity index (χ0v) is 15.5. The van der Waals surface area contributed by atoms with E-state index in [0.29, 0.717) is 0 Å². The van der Waals surface area contributed by atoms with Gasteiger partial charge in [-0.15, -0.1) is 0 Å². The summed E-state index contributed by atoms with van der Waals surface area (Å²) < 4.78 is 60.6. The second-order valence-electron chi connectivity index (χ2n) is 5.94. The lowest BCUT2D eigenvalue weighted by Gasteiger charge is -2.12. The number of fused-ring (bicyclic) bond motifs is 2. The van der Waals surface area contributed by atoms with Gasteiger partial charge in [-0.05, 0) is 37.3 Å². The Hall–Kier alpha value is -3.33. The van der Waals surface area contributed by atoms with Crippen LogP contribution in [0.3, 0.4) is 0 Å². The molecule has 2 aromatic carbocycles. The lowest BCUT2D eigenvalue weighted by atomic mass is 10.1. The molecule has 0 atom stereocenters. The molecule has 0 unspecified atom stereocenters. The first-order chi connectivity index (χ1) is 13.3. The van der Waals surface area contributed by atoms with E-state index in [0.717, 1.165) is 12.1 Å². The molecular formula is C19H13FO7S. The van der Waals surface area contributed by atoms with Gasteiger partial charge in [0.2, 0.25) is 0 Å². The van der Waals surface area contributed by atoms with Crippen molar-refractivity contribution < 1.29 is 30.6 Å².